The Morgan fingerprint density at radius 3 is 2.54 bits per heavy atom. The standard InChI is InChI=1S/C19H29ClN4O.HI/c1-2-21-19(24-9-5-6-10-24)22-15-18(23-11-13-25-14-12-23)16-7-3-4-8-17(16)20;/h3-4,7-8,18H,2,5-6,9-15H2,1H3,(H,21,22);1H. The first-order valence-electron chi connectivity index (χ1n) is 9.39. The number of nitrogens with zero attached hydrogens (tertiary/aromatic N) is 3. The number of hydrogen-bond donors (Lipinski definition) is 1. The SMILES string of the molecule is CCNC(=NCC(c1ccccc1Cl)N1CCOCC1)N1CCCC1.I. The van der Waals surface area contributed by atoms with Crippen LogP contribution in [0.1, 0.15) is 31.4 Å². The van der Waals surface area contributed by atoms with Crippen molar-refractivity contribution < 1.29 is 4.74 Å². The molecule has 5 nitrogen and oxygen atoms in total. The summed E-state index contributed by atoms with van der Waals surface area (Å²) in [7, 11) is 0. The zero-order valence-corrected chi connectivity index (χ0v) is 18.6. The Bertz CT molecular complexity index is 574. The second-order valence-corrected chi connectivity index (χ2v) is 6.98. The predicted molar refractivity (Wildman–Crippen MR) is 119 cm³/mol. The molecule has 1 aromatic rings. The molecule has 1 N–H and O–H groups in total. The third-order valence-corrected chi connectivity index (χ3v) is 5.25. The van der Waals surface area contributed by atoms with Crippen molar-refractivity contribution >= 4 is 41.5 Å². The van der Waals surface area contributed by atoms with Gasteiger partial charge in [-0.2, -0.15) is 0 Å². The summed E-state index contributed by atoms with van der Waals surface area (Å²) in [5.74, 6) is 1.03. The van der Waals surface area contributed by atoms with Crippen molar-refractivity contribution in [3.8, 4) is 0 Å². The van der Waals surface area contributed by atoms with Crippen LogP contribution in [0, 0.1) is 0 Å². The second kappa shape index (κ2) is 11.3. The molecule has 2 saturated heterocycles. The zero-order valence-electron chi connectivity index (χ0n) is 15.5. The average Bonchev–Trinajstić information content (AvgIpc) is 3.18. The first-order chi connectivity index (χ1) is 12.3. The van der Waals surface area contributed by atoms with Gasteiger partial charge in [0.25, 0.3) is 0 Å². The summed E-state index contributed by atoms with van der Waals surface area (Å²) >= 11 is 6.51. The molecule has 0 aliphatic carbocycles. The van der Waals surface area contributed by atoms with Gasteiger partial charge in [0.1, 0.15) is 0 Å². The van der Waals surface area contributed by atoms with Crippen molar-refractivity contribution in [2.75, 3.05) is 52.5 Å². The van der Waals surface area contributed by atoms with E-state index >= 15 is 0 Å². The largest absolute Gasteiger partial charge is 0.379 e. The summed E-state index contributed by atoms with van der Waals surface area (Å²) in [5.41, 5.74) is 1.16. The molecule has 1 aromatic carbocycles. The average molecular weight is 493 g/mol. The van der Waals surface area contributed by atoms with Crippen LogP contribution in [0.4, 0.5) is 0 Å². The maximum atomic E-state index is 6.51. The maximum absolute atomic E-state index is 6.51. The molecule has 0 radical (unpaired) electrons. The number of benzene rings is 1. The molecule has 2 aliphatic heterocycles. The number of likely N-dealkylation sites (tertiary alicyclic amines) is 1. The molecule has 0 aromatic heterocycles. The van der Waals surface area contributed by atoms with Gasteiger partial charge < -0.3 is 15.0 Å². The first-order valence-corrected chi connectivity index (χ1v) is 9.77. The normalized spacial score (nSPS) is 19.9. The third-order valence-electron chi connectivity index (χ3n) is 4.91. The number of aliphatic imine (C=N–C) groups is 1. The molecule has 0 saturated carbocycles. The number of guanidine groups is 1. The van der Waals surface area contributed by atoms with Gasteiger partial charge in [-0.25, -0.2) is 0 Å². The molecule has 7 heteroatoms. The summed E-state index contributed by atoms with van der Waals surface area (Å²) < 4.78 is 5.53. The molecule has 1 unspecified atom stereocenters. The Kier molecular flexibility index (Phi) is 9.45. The highest BCUT2D eigenvalue weighted by molar-refractivity contribution is 14.0. The van der Waals surface area contributed by atoms with Crippen molar-refractivity contribution in [3.05, 3.63) is 34.9 Å². The predicted octanol–water partition coefficient (Wildman–Crippen LogP) is 3.39. The number of morpholine rings is 1. The van der Waals surface area contributed by atoms with Crippen LogP contribution in [-0.2, 0) is 4.74 Å². The molecule has 3 rings (SSSR count). The lowest BCUT2D eigenvalue weighted by atomic mass is 10.0. The number of hydrogen-bond acceptors (Lipinski definition) is 3. The molecule has 2 heterocycles. The molecule has 0 amide bonds. The Hall–Kier alpha value is -0.570. The van der Waals surface area contributed by atoms with Gasteiger partial charge in [-0.05, 0) is 31.4 Å². The number of halogens is 2. The Morgan fingerprint density at radius 2 is 1.88 bits per heavy atom. The molecule has 146 valence electrons. The molecule has 2 fully saturated rings. The Balaban J connectivity index is 0.00000243. The molecule has 26 heavy (non-hydrogen) atoms. The van der Waals surface area contributed by atoms with Crippen LogP contribution < -0.4 is 5.32 Å². The fourth-order valence-corrected chi connectivity index (χ4v) is 3.83. The lowest BCUT2D eigenvalue weighted by Gasteiger charge is -2.34. The summed E-state index contributed by atoms with van der Waals surface area (Å²) in [6.07, 6.45) is 2.50. The van der Waals surface area contributed by atoms with E-state index < -0.39 is 0 Å². The van der Waals surface area contributed by atoms with Gasteiger partial charge in [0, 0.05) is 37.7 Å². The summed E-state index contributed by atoms with van der Waals surface area (Å²) in [6.45, 7) is 9.32. The van der Waals surface area contributed by atoms with Gasteiger partial charge in [-0.15, -0.1) is 24.0 Å². The minimum absolute atomic E-state index is 0. The highest BCUT2D eigenvalue weighted by Crippen LogP contribution is 2.28. The first kappa shape index (κ1) is 21.7. The smallest absolute Gasteiger partial charge is 0.193 e. The van der Waals surface area contributed by atoms with E-state index in [2.05, 4.69) is 34.2 Å². The molecule has 0 spiro atoms. The van der Waals surface area contributed by atoms with Crippen molar-refractivity contribution in [1.29, 1.82) is 0 Å². The zero-order chi connectivity index (χ0) is 17.5. The van der Waals surface area contributed by atoms with Crippen LogP contribution in [0.3, 0.4) is 0 Å². The van der Waals surface area contributed by atoms with Gasteiger partial charge in [0.05, 0.1) is 25.8 Å². The van der Waals surface area contributed by atoms with Crippen molar-refractivity contribution in [2.24, 2.45) is 4.99 Å². The number of nitrogens with one attached hydrogen (secondary N) is 1. The fraction of sp³-hybridized carbons (Fsp3) is 0.632. The van der Waals surface area contributed by atoms with Crippen LogP contribution in [-0.4, -0.2) is 68.2 Å². The maximum Gasteiger partial charge on any atom is 0.193 e. The van der Waals surface area contributed by atoms with Crippen LogP contribution in [0.5, 0.6) is 0 Å². The van der Waals surface area contributed by atoms with Gasteiger partial charge in [-0.1, -0.05) is 29.8 Å². The van der Waals surface area contributed by atoms with Crippen molar-refractivity contribution in [3.63, 3.8) is 0 Å². The highest BCUT2D eigenvalue weighted by Gasteiger charge is 2.25. The van der Waals surface area contributed by atoms with Crippen LogP contribution in [0.15, 0.2) is 29.3 Å². The lowest BCUT2D eigenvalue weighted by molar-refractivity contribution is 0.0179. The second-order valence-electron chi connectivity index (χ2n) is 6.57. The van der Waals surface area contributed by atoms with E-state index in [1.807, 2.05) is 12.1 Å². The topological polar surface area (TPSA) is 40.1 Å². The van der Waals surface area contributed by atoms with Crippen molar-refractivity contribution in [1.82, 2.24) is 15.1 Å². The van der Waals surface area contributed by atoms with E-state index in [0.717, 1.165) is 62.5 Å². The van der Waals surface area contributed by atoms with E-state index in [9.17, 15) is 0 Å². The fourth-order valence-electron chi connectivity index (χ4n) is 3.57. The highest BCUT2D eigenvalue weighted by atomic mass is 127. The lowest BCUT2D eigenvalue weighted by Crippen LogP contribution is -2.42. The number of ether oxygens (including phenoxy) is 1. The van der Waals surface area contributed by atoms with Gasteiger partial charge >= 0.3 is 0 Å². The Labute approximate surface area is 179 Å². The van der Waals surface area contributed by atoms with E-state index in [-0.39, 0.29) is 30.0 Å². The molecule has 1 atom stereocenters. The summed E-state index contributed by atoms with van der Waals surface area (Å²) in [4.78, 5) is 9.79. The monoisotopic (exact) mass is 492 g/mol. The van der Waals surface area contributed by atoms with Gasteiger partial charge in [0.2, 0.25) is 0 Å². The van der Waals surface area contributed by atoms with Gasteiger partial charge in [0.15, 0.2) is 5.96 Å². The molecule has 2 aliphatic rings. The molecular formula is C19H30ClIN4O. The minimum atomic E-state index is 0. The van der Waals surface area contributed by atoms with Crippen LogP contribution in [0.2, 0.25) is 5.02 Å². The Morgan fingerprint density at radius 1 is 1.19 bits per heavy atom. The van der Waals surface area contributed by atoms with Gasteiger partial charge in [-0.3, -0.25) is 9.89 Å². The minimum Gasteiger partial charge on any atom is -0.379 e. The number of rotatable bonds is 5. The molecular weight excluding hydrogens is 463 g/mol. The van der Waals surface area contributed by atoms with E-state index in [1.54, 1.807) is 0 Å². The van der Waals surface area contributed by atoms with E-state index in [4.69, 9.17) is 21.3 Å². The van der Waals surface area contributed by atoms with E-state index in [1.165, 1.54) is 12.8 Å². The molecule has 0 bridgehead atoms. The third kappa shape index (κ3) is 5.71. The summed E-state index contributed by atoms with van der Waals surface area (Å²) in [6, 6.07) is 8.33. The van der Waals surface area contributed by atoms with Crippen LogP contribution in [0.25, 0.3) is 0 Å². The van der Waals surface area contributed by atoms with Crippen LogP contribution >= 0.6 is 35.6 Å². The van der Waals surface area contributed by atoms with E-state index in [0.29, 0.717) is 6.54 Å². The van der Waals surface area contributed by atoms with Crippen molar-refractivity contribution in [2.45, 2.75) is 25.8 Å². The quantitative estimate of drug-likeness (QED) is 0.389. The summed E-state index contributed by atoms with van der Waals surface area (Å²) in [5, 5.41) is 4.27.